The van der Waals surface area contributed by atoms with Crippen LogP contribution in [-0.2, 0) is 16.0 Å². The molecule has 0 atom stereocenters. The van der Waals surface area contributed by atoms with Gasteiger partial charge in [0.2, 0.25) is 0 Å². The van der Waals surface area contributed by atoms with Crippen LogP contribution in [0.25, 0.3) is 0 Å². The van der Waals surface area contributed by atoms with Gasteiger partial charge in [-0.3, -0.25) is 0 Å². The second kappa shape index (κ2) is 10.1. The predicted octanol–water partition coefficient (Wildman–Crippen LogP) is 1.47. The van der Waals surface area contributed by atoms with Crippen LogP contribution in [0.5, 0.6) is 5.19 Å². The molecule has 0 amide bonds. The molecule has 0 spiro atoms. The van der Waals surface area contributed by atoms with E-state index in [9.17, 15) is 0 Å². The van der Waals surface area contributed by atoms with E-state index in [1.807, 2.05) is 0 Å². The lowest BCUT2D eigenvalue weighted by atomic mass is 10.4. The van der Waals surface area contributed by atoms with E-state index in [0.717, 1.165) is 18.0 Å². The van der Waals surface area contributed by atoms with Crippen molar-refractivity contribution in [2.75, 3.05) is 33.5 Å². The van der Waals surface area contributed by atoms with E-state index in [0.29, 0.717) is 37.7 Å². The summed E-state index contributed by atoms with van der Waals surface area (Å²) in [4.78, 5) is 0. The molecule has 19 heavy (non-hydrogen) atoms. The van der Waals surface area contributed by atoms with Gasteiger partial charge < -0.3 is 19.5 Å². The highest BCUT2D eigenvalue weighted by atomic mass is 32.1. The van der Waals surface area contributed by atoms with Crippen molar-refractivity contribution in [2.45, 2.75) is 32.9 Å². The van der Waals surface area contributed by atoms with Crippen molar-refractivity contribution >= 4 is 11.3 Å². The lowest BCUT2D eigenvalue weighted by Gasteiger charge is -2.04. The molecule has 0 bridgehead atoms. The number of hydrogen-bond donors (Lipinski definition) is 1. The summed E-state index contributed by atoms with van der Waals surface area (Å²) in [5, 5.41) is 12.9. The van der Waals surface area contributed by atoms with Gasteiger partial charge in [0.25, 0.3) is 5.19 Å². The first kappa shape index (κ1) is 16.3. The minimum Gasteiger partial charge on any atom is -0.469 e. The zero-order valence-corrected chi connectivity index (χ0v) is 12.7. The number of nitrogens with one attached hydrogen (secondary N) is 1. The molecule has 1 heterocycles. The molecule has 0 fully saturated rings. The van der Waals surface area contributed by atoms with Crippen LogP contribution in [0, 0.1) is 0 Å². The van der Waals surface area contributed by atoms with Crippen LogP contribution in [0.3, 0.4) is 0 Å². The average Bonchev–Trinajstić information content (AvgIpc) is 2.83. The van der Waals surface area contributed by atoms with Crippen molar-refractivity contribution in [2.24, 2.45) is 0 Å². The fourth-order valence-corrected chi connectivity index (χ4v) is 1.89. The molecular formula is C12H23N3O3S. The highest BCUT2D eigenvalue weighted by Gasteiger charge is 2.05. The first-order chi connectivity index (χ1) is 9.22. The third kappa shape index (κ3) is 8.10. The Bertz CT molecular complexity index is 334. The zero-order valence-electron chi connectivity index (χ0n) is 11.8. The lowest BCUT2D eigenvalue weighted by molar-refractivity contribution is 0.0644. The molecule has 0 radical (unpaired) electrons. The van der Waals surface area contributed by atoms with Crippen LogP contribution in [-0.4, -0.2) is 49.8 Å². The molecule has 7 heteroatoms. The van der Waals surface area contributed by atoms with Gasteiger partial charge in [0.05, 0.1) is 26.4 Å². The smallest absolute Gasteiger partial charge is 0.294 e. The molecule has 0 aliphatic rings. The lowest BCUT2D eigenvalue weighted by Crippen LogP contribution is -2.21. The maximum absolute atomic E-state index is 5.51. The van der Waals surface area contributed by atoms with Crippen molar-refractivity contribution < 1.29 is 14.2 Å². The van der Waals surface area contributed by atoms with Crippen molar-refractivity contribution in [1.29, 1.82) is 0 Å². The van der Waals surface area contributed by atoms with E-state index >= 15 is 0 Å². The zero-order chi connectivity index (χ0) is 13.9. The van der Waals surface area contributed by atoms with Gasteiger partial charge >= 0.3 is 0 Å². The topological polar surface area (TPSA) is 65.5 Å². The number of hydrogen-bond acceptors (Lipinski definition) is 7. The molecule has 1 rings (SSSR count). The summed E-state index contributed by atoms with van der Waals surface area (Å²) in [6.45, 7) is 7.45. The standard InChI is InChI=1S/C12H23N3O3S/c1-10(2)13-9-11-14-15-12(19-11)18-6-4-5-17-8-7-16-3/h10,13H,4-9H2,1-3H3. The maximum atomic E-state index is 5.51. The van der Waals surface area contributed by atoms with Gasteiger partial charge in [-0.15, -0.1) is 10.2 Å². The summed E-state index contributed by atoms with van der Waals surface area (Å²) in [7, 11) is 1.66. The highest BCUT2D eigenvalue weighted by molar-refractivity contribution is 7.13. The van der Waals surface area contributed by atoms with Gasteiger partial charge in [0.1, 0.15) is 5.01 Å². The van der Waals surface area contributed by atoms with Crippen LogP contribution >= 0.6 is 11.3 Å². The molecule has 1 aromatic rings. The molecule has 0 saturated carbocycles. The largest absolute Gasteiger partial charge is 0.469 e. The monoisotopic (exact) mass is 289 g/mol. The third-order valence-electron chi connectivity index (χ3n) is 2.20. The molecule has 0 aliphatic carbocycles. The first-order valence-corrected chi connectivity index (χ1v) is 7.29. The van der Waals surface area contributed by atoms with Crippen LogP contribution in [0.1, 0.15) is 25.3 Å². The van der Waals surface area contributed by atoms with Gasteiger partial charge in [0.15, 0.2) is 0 Å². The van der Waals surface area contributed by atoms with Gasteiger partial charge in [0, 0.05) is 26.2 Å². The molecule has 6 nitrogen and oxygen atoms in total. The molecule has 0 aliphatic heterocycles. The number of aromatic nitrogens is 2. The van der Waals surface area contributed by atoms with Crippen molar-refractivity contribution in [3.63, 3.8) is 0 Å². The Morgan fingerprint density at radius 3 is 2.74 bits per heavy atom. The summed E-state index contributed by atoms with van der Waals surface area (Å²) in [6, 6.07) is 0.442. The van der Waals surface area contributed by atoms with Crippen LogP contribution in [0.4, 0.5) is 0 Å². The highest BCUT2D eigenvalue weighted by Crippen LogP contribution is 2.17. The van der Waals surface area contributed by atoms with Crippen LogP contribution in [0.15, 0.2) is 0 Å². The Labute approximate surface area is 118 Å². The Kier molecular flexibility index (Phi) is 8.64. The fourth-order valence-electron chi connectivity index (χ4n) is 1.22. The van der Waals surface area contributed by atoms with Gasteiger partial charge in [-0.25, -0.2) is 0 Å². The number of nitrogens with zero attached hydrogens (tertiary/aromatic N) is 2. The quantitative estimate of drug-likeness (QED) is 0.622. The van der Waals surface area contributed by atoms with E-state index in [-0.39, 0.29) is 0 Å². The van der Waals surface area contributed by atoms with E-state index in [2.05, 4.69) is 29.4 Å². The van der Waals surface area contributed by atoms with Crippen molar-refractivity contribution in [3.05, 3.63) is 5.01 Å². The Balaban J connectivity index is 2.06. The summed E-state index contributed by atoms with van der Waals surface area (Å²) in [5.41, 5.74) is 0. The third-order valence-corrected chi connectivity index (χ3v) is 3.04. The summed E-state index contributed by atoms with van der Waals surface area (Å²) < 4.78 is 15.7. The minimum atomic E-state index is 0.442. The Morgan fingerprint density at radius 2 is 2.00 bits per heavy atom. The molecule has 1 aromatic heterocycles. The Hall–Kier alpha value is -0.760. The van der Waals surface area contributed by atoms with E-state index in [1.54, 1.807) is 7.11 Å². The second-order valence-electron chi connectivity index (χ2n) is 4.30. The summed E-state index contributed by atoms with van der Waals surface area (Å²) >= 11 is 1.48. The molecule has 110 valence electrons. The van der Waals surface area contributed by atoms with Gasteiger partial charge in [-0.05, 0) is 0 Å². The number of rotatable bonds is 11. The number of methoxy groups -OCH3 is 1. The predicted molar refractivity (Wildman–Crippen MR) is 74.7 cm³/mol. The molecule has 0 unspecified atom stereocenters. The van der Waals surface area contributed by atoms with Crippen molar-refractivity contribution in [3.8, 4) is 5.19 Å². The maximum Gasteiger partial charge on any atom is 0.294 e. The molecule has 0 saturated heterocycles. The SMILES string of the molecule is COCCOCCCOc1nnc(CNC(C)C)s1. The second-order valence-corrected chi connectivity index (χ2v) is 5.33. The van der Waals surface area contributed by atoms with Crippen LogP contribution < -0.4 is 10.1 Å². The minimum absolute atomic E-state index is 0.442. The van der Waals surface area contributed by atoms with E-state index < -0.39 is 0 Å². The van der Waals surface area contributed by atoms with Gasteiger partial charge in [-0.2, -0.15) is 0 Å². The first-order valence-electron chi connectivity index (χ1n) is 6.47. The van der Waals surface area contributed by atoms with Crippen LogP contribution in [0.2, 0.25) is 0 Å². The van der Waals surface area contributed by atoms with E-state index in [4.69, 9.17) is 14.2 Å². The normalized spacial score (nSPS) is 11.2. The van der Waals surface area contributed by atoms with E-state index in [1.165, 1.54) is 11.3 Å². The average molecular weight is 289 g/mol. The van der Waals surface area contributed by atoms with Crippen molar-refractivity contribution in [1.82, 2.24) is 15.5 Å². The number of ether oxygens (including phenoxy) is 3. The Morgan fingerprint density at radius 1 is 1.16 bits per heavy atom. The molecular weight excluding hydrogens is 266 g/mol. The molecule has 1 N–H and O–H groups in total. The summed E-state index contributed by atoms with van der Waals surface area (Å²) in [6.07, 6.45) is 0.836. The van der Waals surface area contributed by atoms with Gasteiger partial charge in [-0.1, -0.05) is 25.2 Å². The summed E-state index contributed by atoms with van der Waals surface area (Å²) in [5.74, 6) is 0. The fraction of sp³-hybridized carbons (Fsp3) is 0.833. The molecule has 0 aromatic carbocycles.